The van der Waals surface area contributed by atoms with E-state index in [1.807, 2.05) is 0 Å². The summed E-state index contributed by atoms with van der Waals surface area (Å²) >= 11 is 0. The van der Waals surface area contributed by atoms with Gasteiger partial charge in [-0.25, -0.2) is 9.18 Å². The molecule has 0 radical (unpaired) electrons. The lowest BCUT2D eigenvalue weighted by molar-refractivity contribution is -0.384. The topological polar surface area (TPSA) is 119 Å². The first-order valence-electron chi connectivity index (χ1n) is 8.50. The van der Waals surface area contributed by atoms with Crippen molar-refractivity contribution in [3.63, 3.8) is 0 Å². The number of carbonyl (C=O) groups excluding carboxylic acids is 1. The highest BCUT2D eigenvalue weighted by Gasteiger charge is 2.36. The van der Waals surface area contributed by atoms with Crippen molar-refractivity contribution in [3.05, 3.63) is 75.1 Å². The molecule has 0 aromatic heterocycles. The van der Waals surface area contributed by atoms with Crippen LogP contribution in [-0.4, -0.2) is 35.1 Å². The summed E-state index contributed by atoms with van der Waals surface area (Å²) in [6, 6.07) is 8.80. The maximum atomic E-state index is 13.8. The highest BCUT2D eigenvalue weighted by Crippen LogP contribution is 2.33. The fourth-order valence-electron chi connectivity index (χ4n) is 3.25. The number of carbonyl (C=O) groups is 2. The minimum Gasteiger partial charge on any atom is -0.478 e. The van der Waals surface area contributed by atoms with E-state index in [0.29, 0.717) is 31.6 Å². The number of aromatic carboxylic acids is 1. The van der Waals surface area contributed by atoms with Crippen LogP contribution in [0.5, 0.6) is 0 Å². The van der Waals surface area contributed by atoms with Crippen molar-refractivity contribution >= 4 is 17.6 Å². The normalized spacial score (nSPS) is 15.6. The molecule has 2 aromatic carbocycles. The van der Waals surface area contributed by atoms with Crippen LogP contribution in [0, 0.1) is 15.9 Å². The van der Waals surface area contributed by atoms with Crippen LogP contribution >= 0.6 is 0 Å². The smallest absolute Gasteiger partial charge is 0.335 e. The van der Waals surface area contributed by atoms with Gasteiger partial charge in [0.2, 0.25) is 0 Å². The van der Waals surface area contributed by atoms with Crippen LogP contribution in [0.4, 0.5) is 10.1 Å². The summed E-state index contributed by atoms with van der Waals surface area (Å²) in [6.07, 6.45) is 0.756. The Labute approximate surface area is 159 Å². The van der Waals surface area contributed by atoms with Gasteiger partial charge in [0.1, 0.15) is 5.82 Å². The first-order valence-corrected chi connectivity index (χ1v) is 8.50. The molecular formula is C19H17FN2O6. The summed E-state index contributed by atoms with van der Waals surface area (Å²) in [6.45, 7) is 0.679. The average molecular weight is 388 g/mol. The average Bonchev–Trinajstić information content (AvgIpc) is 2.68. The molecule has 3 rings (SSSR count). The molecule has 0 bridgehead atoms. The maximum Gasteiger partial charge on any atom is 0.335 e. The minimum atomic E-state index is -1.39. The van der Waals surface area contributed by atoms with Crippen LogP contribution in [0.2, 0.25) is 0 Å². The molecule has 0 unspecified atom stereocenters. The van der Waals surface area contributed by atoms with Gasteiger partial charge >= 0.3 is 5.97 Å². The van der Waals surface area contributed by atoms with Gasteiger partial charge in [-0.05, 0) is 36.6 Å². The molecule has 1 fully saturated rings. The fourth-order valence-corrected chi connectivity index (χ4v) is 3.25. The Kier molecular flexibility index (Phi) is 5.36. The molecule has 28 heavy (non-hydrogen) atoms. The van der Waals surface area contributed by atoms with Crippen molar-refractivity contribution in [1.82, 2.24) is 5.32 Å². The molecule has 1 heterocycles. The van der Waals surface area contributed by atoms with Gasteiger partial charge in [0.05, 0.1) is 16.0 Å². The number of nitrogens with one attached hydrogen (secondary N) is 1. The van der Waals surface area contributed by atoms with Gasteiger partial charge in [-0.15, -0.1) is 0 Å². The van der Waals surface area contributed by atoms with E-state index in [-0.39, 0.29) is 11.1 Å². The van der Waals surface area contributed by atoms with E-state index < -0.39 is 33.8 Å². The molecule has 8 nitrogen and oxygen atoms in total. The number of rotatable bonds is 5. The van der Waals surface area contributed by atoms with Crippen molar-refractivity contribution in [1.29, 1.82) is 0 Å². The molecule has 1 saturated heterocycles. The number of nitro groups is 1. The molecule has 2 aromatic rings. The number of hydrogen-bond acceptors (Lipinski definition) is 5. The van der Waals surface area contributed by atoms with Crippen LogP contribution in [0.3, 0.4) is 0 Å². The fraction of sp³-hybridized carbons (Fsp3) is 0.263. The highest BCUT2D eigenvalue weighted by atomic mass is 19.1. The SMILES string of the molecule is O=C(O)c1cc(C(=O)NC2(c3cccc(F)c3)CCOCC2)cc([N+](=O)[O-])c1. The van der Waals surface area contributed by atoms with Gasteiger partial charge in [0, 0.05) is 30.9 Å². The van der Waals surface area contributed by atoms with Gasteiger partial charge in [-0.2, -0.15) is 0 Å². The van der Waals surface area contributed by atoms with Crippen molar-refractivity contribution in [2.45, 2.75) is 18.4 Å². The maximum absolute atomic E-state index is 13.8. The Hall–Kier alpha value is -3.33. The monoisotopic (exact) mass is 388 g/mol. The number of carboxylic acids is 1. The van der Waals surface area contributed by atoms with Crippen molar-refractivity contribution in [2.24, 2.45) is 0 Å². The zero-order valence-corrected chi connectivity index (χ0v) is 14.7. The summed E-state index contributed by atoms with van der Waals surface area (Å²) in [4.78, 5) is 34.4. The largest absolute Gasteiger partial charge is 0.478 e. The predicted octanol–water partition coefficient (Wildman–Crippen LogP) is 2.87. The third kappa shape index (κ3) is 3.99. The van der Waals surface area contributed by atoms with E-state index in [9.17, 15) is 24.1 Å². The van der Waals surface area contributed by atoms with Gasteiger partial charge in [0.25, 0.3) is 11.6 Å². The lowest BCUT2D eigenvalue weighted by atomic mass is 9.82. The summed E-state index contributed by atoms with van der Waals surface area (Å²) < 4.78 is 19.1. The molecular weight excluding hydrogens is 371 g/mol. The van der Waals surface area contributed by atoms with E-state index in [1.165, 1.54) is 18.2 Å². The lowest BCUT2D eigenvalue weighted by Gasteiger charge is -2.38. The number of halogens is 1. The molecule has 1 amide bonds. The number of carboxylic acid groups (broad SMARTS) is 1. The number of nitro benzene ring substituents is 1. The molecule has 0 atom stereocenters. The molecule has 1 aliphatic rings. The molecule has 146 valence electrons. The minimum absolute atomic E-state index is 0.158. The van der Waals surface area contributed by atoms with Crippen molar-refractivity contribution in [3.8, 4) is 0 Å². The van der Waals surface area contributed by atoms with Crippen LogP contribution in [0.1, 0.15) is 39.1 Å². The summed E-state index contributed by atoms with van der Waals surface area (Å²) in [7, 11) is 0. The van der Waals surface area contributed by atoms with E-state index in [1.54, 1.807) is 6.07 Å². The number of ether oxygens (including phenoxy) is 1. The number of non-ortho nitro benzene ring substituents is 1. The molecule has 0 saturated carbocycles. The highest BCUT2D eigenvalue weighted by molar-refractivity contribution is 5.99. The third-order valence-electron chi connectivity index (χ3n) is 4.71. The number of benzene rings is 2. The third-order valence-corrected chi connectivity index (χ3v) is 4.71. The van der Waals surface area contributed by atoms with Gasteiger partial charge in [-0.1, -0.05) is 12.1 Å². The molecule has 9 heteroatoms. The first kappa shape index (κ1) is 19.4. The zero-order valence-electron chi connectivity index (χ0n) is 14.7. The Bertz CT molecular complexity index is 908. The van der Waals surface area contributed by atoms with Crippen LogP contribution in [0.15, 0.2) is 42.5 Å². The summed E-state index contributed by atoms with van der Waals surface area (Å²) in [5.41, 5.74) is -1.41. The Morgan fingerprint density at radius 3 is 2.43 bits per heavy atom. The Morgan fingerprint density at radius 1 is 1.14 bits per heavy atom. The molecule has 0 aliphatic carbocycles. The van der Waals surface area contributed by atoms with Crippen molar-refractivity contribution in [2.75, 3.05) is 13.2 Å². The van der Waals surface area contributed by atoms with Crippen LogP contribution in [-0.2, 0) is 10.3 Å². The Morgan fingerprint density at radius 2 is 1.82 bits per heavy atom. The second-order valence-corrected chi connectivity index (χ2v) is 6.49. The van der Waals surface area contributed by atoms with Crippen LogP contribution < -0.4 is 5.32 Å². The van der Waals surface area contributed by atoms with E-state index in [2.05, 4.69) is 5.32 Å². The van der Waals surface area contributed by atoms with Gasteiger partial charge < -0.3 is 15.2 Å². The van der Waals surface area contributed by atoms with Crippen LogP contribution in [0.25, 0.3) is 0 Å². The van der Waals surface area contributed by atoms with Gasteiger partial charge in [0.15, 0.2) is 0 Å². The van der Waals surface area contributed by atoms with E-state index in [0.717, 1.165) is 18.2 Å². The lowest BCUT2D eigenvalue weighted by Crippen LogP contribution is -2.49. The summed E-state index contributed by atoms with van der Waals surface area (Å²) in [5.74, 6) is -2.53. The zero-order chi connectivity index (χ0) is 20.3. The second kappa shape index (κ2) is 7.73. The summed E-state index contributed by atoms with van der Waals surface area (Å²) in [5, 5.41) is 23.1. The standard InChI is InChI=1S/C19H17FN2O6/c20-15-3-1-2-14(11-15)19(4-6-28-7-5-19)21-17(23)12-8-13(18(24)25)10-16(9-12)22(26)27/h1-3,8-11H,4-7H2,(H,21,23)(H,24,25). The first-order chi connectivity index (χ1) is 13.3. The van der Waals surface area contributed by atoms with E-state index in [4.69, 9.17) is 9.84 Å². The number of amides is 1. The molecule has 1 aliphatic heterocycles. The molecule has 2 N–H and O–H groups in total. The van der Waals surface area contributed by atoms with E-state index >= 15 is 0 Å². The number of hydrogen-bond donors (Lipinski definition) is 2. The van der Waals surface area contributed by atoms with Gasteiger partial charge in [-0.3, -0.25) is 14.9 Å². The number of nitrogens with zero attached hydrogens (tertiary/aromatic N) is 1. The van der Waals surface area contributed by atoms with Crippen molar-refractivity contribution < 1.29 is 28.7 Å². The molecule has 0 spiro atoms. The Balaban J connectivity index is 1.99. The quantitative estimate of drug-likeness (QED) is 0.601. The second-order valence-electron chi connectivity index (χ2n) is 6.49. The predicted molar refractivity (Wildman–Crippen MR) is 95.7 cm³/mol.